The van der Waals surface area contributed by atoms with E-state index in [9.17, 15) is 4.21 Å². The fourth-order valence-electron chi connectivity index (χ4n) is 1.40. The van der Waals surface area contributed by atoms with Crippen LogP contribution in [-0.2, 0) is 23.1 Å². The molecule has 0 aliphatic rings. The second kappa shape index (κ2) is 6.81. The third-order valence-electron chi connectivity index (χ3n) is 2.51. The molecule has 1 rings (SSSR count). The smallest absolute Gasteiger partial charge is 0.0485 e. The Morgan fingerprint density at radius 3 is 2.25 bits per heavy atom. The molecule has 0 spiro atoms. The van der Waals surface area contributed by atoms with Crippen LogP contribution in [0.1, 0.15) is 31.4 Å². The zero-order valence-corrected chi connectivity index (χ0v) is 10.9. The predicted octanol–water partition coefficient (Wildman–Crippen LogP) is 2.44. The van der Waals surface area contributed by atoms with Crippen LogP contribution in [0.15, 0.2) is 24.3 Å². The van der Waals surface area contributed by atoms with Gasteiger partial charge in [0.15, 0.2) is 0 Å². The first-order chi connectivity index (χ1) is 7.61. The topological polar surface area (TPSA) is 43.1 Å². The van der Waals surface area contributed by atoms with E-state index in [1.54, 1.807) is 0 Å². The Bertz CT molecular complexity index is 332. The van der Waals surface area contributed by atoms with Crippen LogP contribution in [0.4, 0.5) is 0 Å². The summed E-state index contributed by atoms with van der Waals surface area (Å²) in [5.74, 6) is 2.09. The molecule has 1 unspecified atom stereocenters. The molecule has 0 radical (unpaired) electrons. The summed E-state index contributed by atoms with van der Waals surface area (Å²) in [6.45, 7) is 4.89. The van der Waals surface area contributed by atoms with E-state index in [1.165, 1.54) is 0 Å². The molecule has 1 atom stereocenters. The summed E-state index contributed by atoms with van der Waals surface area (Å²) in [6.07, 6.45) is 1.04. The van der Waals surface area contributed by atoms with Crippen LogP contribution in [0.3, 0.4) is 0 Å². The van der Waals surface area contributed by atoms with Crippen molar-refractivity contribution in [2.24, 2.45) is 11.7 Å². The van der Waals surface area contributed by atoms with Gasteiger partial charge in [-0.15, -0.1) is 0 Å². The maximum Gasteiger partial charge on any atom is 0.0485 e. The highest BCUT2D eigenvalue weighted by molar-refractivity contribution is 7.84. The standard InChI is InChI=1S/C13H21NOS/c1-11(2)7-8-16(15)10-13-5-3-12(9-14)4-6-13/h3-6,11H,7-10,14H2,1-2H3. The van der Waals surface area contributed by atoms with Gasteiger partial charge in [0.2, 0.25) is 0 Å². The maximum atomic E-state index is 11.8. The van der Waals surface area contributed by atoms with Gasteiger partial charge >= 0.3 is 0 Å². The molecule has 16 heavy (non-hydrogen) atoms. The lowest BCUT2D eigenvalue weighted by Crippen LogP contribution is -2.04. The van der Waals surface area contributed by atoms with Crippen LogP contribution in [0, 0.1) is 5.92 Å². The maximum absolute atomic E-state index is 11.8. The molecular formula is C13H21NOS. The lowest BCUT2D eigenvalue weighted by Gasteiger charge is -2.05. The summed E-state index contributed by atoms with van der Waals surface area (Å²) >= 11 is 0. The van der Waals surface area contributed by atoms with Crippen LogP contribution in [0.2, 0.25) is 0 Å². The minimum absolute atomic E-state index is 0.566. The first-order valence-corrected chi connectivity index (χ1v) is 7.23. The van der Waals surface area contributed by atoms with Gasteiger partial charge in [-0.3, -0.25) is 4.21 Å². The third kappa shape index (κ3) is 4.90. The van der Waals surface area contributed by atoms with Crippen LogP contribution < -0.4 is 5.73 Å². The van der Waals surface area contributed by atoms with Crippen LogP contribution in [-0.4, -0.2) is 9.96 Å². The van der Waals surface area contributed by atoms with E-state index < -0.39 is 10.8 Å². The molecular weight excluding hydrogens is 218 g/mol. The minimum Gasteiger partial charge on any atom is -0.326 e. The van der Waals surface area contributed by atoms with Gasteiger partial charge in [-0.05, 0) is 23.5 Å². The van der Waals surface area contributed by atoms with Crippen LogP contribution in [0.25, 0.3) is 0 Å². The highest BCUT2D eigenvalue weighted by Gasteiger charge is 2.03. The normalized spacial score (nSPS) is 13.0. The van der Waals surface area contributed by atoms with Crippen molar-refractivity contribution in [3.8, 4) is 0 Å². The highest BCUT2D eigenvalue weighted by atomic mass is 32.2. The first kappa shape index (κ1) is 13.4. The molecule has 1 aromatic carbocycles. The van der Waals surface area contributed by atoms with Gasteiger partial charge in [0.25, 0.3) is 0 Å². The Balaban J connectivity index is 2.43. The van der Waals surface area contributed by atoms with Crippen molar-refractivity contribution in [3.05, 3.63) is 35.4 Å². The molecule has 0 heterocycles. The third-order valence-corrected chi connectivity index (χ3v) is 3.86. The van der Waals surface area contributed by atoms with Crippen LogP contribution in [0.5, 0.6) is 0 Å². The van der Waals surface area contributed by atoms with Gasteiger partial charge < -0.3 is 5.73 Å². The summed E-state index contributed by atoms with van der Waals surface area (Å²) in [4.78, 5) is 0. The predicted molar refractivity (Wildman–Crippen MR) is 70.5 cm³/mol. The molecule has 0 fully saturated rings. The van der Waals surface area contributed by atoms with Crippen molar-refractivity contribution in [2.45, 2.75) is 32.6 Å². The largest absolute Gasteiger partial charge is 0.326 e. The van der Waals surface area contributed by atoms with E-state index in [-0.39, 0.29) is 0 Å². The SMILES string of the molecule is CC(C)CCS(=O)Cc1ccc(CN)cc1. The first-order valence-electron chi connectivity index (χ1n) is 5.74. The summed E-state index contributed by atoms with van der Waals surface area (Å²) in [7, 11) is -0.731. The quantitative estimate of drug-likeness (QED) is 0.828. The Kier molecular flexibility index (Phi) is 5.71. The summed E-state index contributed by atoms with van der Waals surface area (Å²) < 4.78 is 11.8. The average molecular weight is 239 g/mol. The van der Waals surface area contributed by atoms with Crippen LogP contribution >= 0.6 is 0 Å². The molecule has 0 amide bonds. The zero-order chi connectivity index (χ0) is 12.0. The van der Waals surface area contributed by atoms with Crippen molar-refractivity contribution in [2.75, 3.05) is 5.75 Å². The monoisotopic (exact) mass is 239 g/mol. The molecule has 2 nitrogen and oxygen atoms in total. The molecule has 1 aromatic rings. The molecule has 3 heteroatoms. The second-order valence-corrected chi connectivity index (χ2v) is 6.07. The lowest BCUT2D eigenvalue weighted by molar-refractivity contribution is 0.619. The van der Waals surface area contributed by atoms with Crippen molar-refractivity contribution in [1.82, 2.24) is 0 Å². The van der Waals surface area contributed by atoms with E-state index in [1.807, 2.05) is 24.3 Å². The van der Waals surface area contributed by atoms with Crippen molar-refractivity contribution in [3.63, 3.8) is 0 Å². The number of rotatable bonds is 6. The molecule has 0 bridgehead atoms. The van der Waals surface area contributed by atoms with Gasteiger partial charge in [0.05, 0.1) is 0 Å². The highest BCUT2D eigenvalue weighted by Crippen LogP contribution is 2.09. The van der Waals surface area contributed by atoms with Crippen molar-refractivity contribution < 1.29 is 4.21 Å². The van der Waals surface area contributed by atoms with Gasteiger partial charge in [-0.25, -0.2) is 0 Å². The van der Waals surface area contributed by atoms with Gasteiger partial charge in [0.1, 0.15) is 0 Å². The van der Waals surface area contributed by atoms with Gasteiger partial charge in [0, 0.05) is 28.9 Å². The fraction of sp³-hybridized carbons (Fsp3) is 0.538. The van der Waals surface area contributed by atoms with Gasteiger partial charge in [-0.1, -0.05) is 38.1 Å². The van der Waals surface area contributed by atoms with E-state index in [2.05, 4.69) is 13.8 Å². The number of hydrogen-bond acceptors (Lipinski definition) is 2. The Morgan fingerprint density at radius 1 is 1.19 bits per heavy atom. The summed E-state index contributed by atoms with van der Waals surface area (Å²) in [5, 5.41) is 0. The Morgan fingerprint density at radius 2 is 1.75 bits per heavy atom. The zero-order valence-electron chi connectivity index (χ0n) is 10.1. The Labute approximate surface area is 101 Å². The fourth-order valence-corrected chi connectivity index (χ4v) is 2.84. The molecule has 0 saturated carbocycles. The minimum atomic E-state index is -0.731. The molecule has 0 aliphatic heterocycles. The van der Waals surface area contributed by atoms with E-state index in [0.29, 0.717) is 18.2 Å². The van der Waals surface area contributed by atoms with Crippen molar-refractivity contribution in [1.29, 1.82) is 0 Å². The number of hydrogen-bond donors (Lipinski definition) is 1. The molecule has 90 valence electrons. The summed E-state index contributed by atoms with van der Waals surface area (Å²) in [5.41, 5.74) is 7.78. The number of nitrogens with two attached hydrogens (primary N) is 1. The Hall–Kier alpha value is -0.670. The molecule has 0 aliphatic carbocycles. The average Bonchev–Trinajstić information content (AvgIpc) is 2.27. The number of benzene rings is 1. The summed E-state index contributed by atoms with van der Waals surface area (Å²) in [6, 6.07) is 8.06. The second-order valence-electron chi connectivity index (χ2n) is 4.49. The molecule has 0 saturated heterocycles. The van der Waals surface area contributed by atoms with Crippen molar-refractivity contribution >= 4 is 10.8 Å². The van der Waals surface area contributed by atoms with E-state index in [0.717, 1.165) is 23.3 Å². The van der Waals surface area contributed by atoms with Gasteiger partial charge in [-0.2, -0.15) is 0 Å². The van der Waals surface area contributed by atoms with E-state index in [4.69, 9.17) is 5.73 Å². The molecule has 2 N–H and O–H groups in total. The van der Waals surface area contributed by atoms with E-state index >= 15 is 0 Å². The lowest BCUT2D eigenvalue weighted by atomic mass is 10.1. The molecule has 0 aromatic heterocycles.